The van der Waals surface area contributed by atoms with Crippen molar-refractivity contribution in [3.8, 4) is 16.9 Å². The van der Waals surface area contributed by atoms with Gasteiger partial charge in [0.15, 0.2) is 0 Å². The lowest BCUT2D eigenvalue weighted by molar-refractivity contribution is 0.0697. The molecule has 0 atom stereocenters. The van der Waals surface area contributed by atoms with Gasteiger partial charge in [0, 0.05) is 17.0 Å². The number of rotatable bonds is 4. The third-order valence-electron chi connectivity index (χ3n) is 4.88. The van der Waals surface area contributed by atoms with Gasteiger partial charge in [0.25, 0.3) is 0 Å². The summed E-state index contributed by atoms with van der Waals surface area (Å²) >= 11 is 5.78. The number of ether oxygens (including phenoxy) is 1. The van der Waals surface area contributed by atoms with Gasteiger partial charge in [-0.25, -0.2) is 9.59 Å². The zero-order chi connectivity index (χ0) is 20.5. The molecule has 3 aromatic rings. The SMILES string of the molecule is O=C(Nc1c(O)cc(Cl)cc1C(=O)O)OCC1c2ccccc2-c2ccccc21. The highest BCUT2D eigenvalue weighted by Gasteiger charge is 2.29. The van der Waals surface area contributed by atoms with Gasteiger partial charge in [0.2, 0.25) is 0 Å². The quantitative estimate of drug-likeness (QED) is 0.521. The van der Waals surface area contributed by atoms with E-state index in [-0.39, 0.29) is 28.8 Å². The molecule has 0 saturated heterocycles. The zero-order valence-corrected chi connectivity index (χ0v) is 15.8. The number of hydrogen-bond donors (Lipinski definition) is 3. The third-order valence-corrected chi connectivity index (χ3v) is 5.10. The van der Waals surface area contributed by atoms with Crippen LogP contribution in [0.15, 0.2) is 60.7 Å². The van der Waals surface area contributed by atoms with Gasteiger partial charge in [0.05, 0.1) is 5.56 Å². The van der Waals surface area contributed by atoms with E-state index in [1.165, 1.54) is 0 Å². The molecule has 146 valence electrons. The topological polar surface area (TPSA) is 95.9 Å². The summed E-state index contributed by atoms with van der Waals surface area (Å²) in [7, 11) is 0. The summed E-state index contributed by atoms with van der Waals surface area (Å²) in [6, 6.07) is 18.1. The zero-order valence-electron chi connectivity index (χ0n) is 15.1. The molecule has 4 rings (SSSR count). The average Bonchev–Trinajstić information content (AvgIpc) is 3.02. The Kier molecular flexibility index (Phi) is 4.86. The van der Waals surface area contributed by atoms with Crippen molar-refractivity contribution in [3.63, 3.8) is 0 Å². The number of benzene rings is 3. The van der Waals surface area contributed by atoms with Crippen molar-refractivity contribution in [3.05, 3.63) is 82.4 Å². The Morgan fingerprint density at radius 3 is 2.17 bits per heavy atom. The van der Waals surface area contributed by atoms with Crippen molar-refractivity contribution >= 4 is 29.4 Å². The van der Waals surface area contributed by atoms with Crippen LogP contribution in [0.4, 0.5) is 10.5 Å². The number of phenolic OH excluding ortho intramolecular Hbond substituents is 1. The maximum absolute atomic E-state index is 12.3. The van der Waals surface area contributed by atoms with Crippen LogP contribution in [0.1, 0.15) is 27.4 Å². The van der Waals surface area contributed by atoms with Gasteiger partial charge in [-0.3, -0.25) is 5.32 Å². The number of carboxylic acids is 1. The maximum Gasteiger partial charge on any atom is 0.411 e. The molecule has 6 nitrogen and oxygen atoms in total. The number of carboxylic acid groups (broad SMARTS) is 1. The van der Waals surface area contributed by atoms with Crippen molar-refractivity contribution in [1.82, 2.24) is 0 Å². The van der Waals surface area contributed by atoms with Crippen molar-refractivity contribution in [2.45, 2.75) is 5.92 Å². The molecule has 1 aliphatic carbocycles. The van der Waals surface area contributed by atoms with Crippen LogP contribution in [0, 0.1) is 0 Å². The maximum atomic E-state index is 12.3. The van der Waals surface area contributed by atoms with Crippen LogP contribution in [0.5, 0.6) is 5.75 Å². The number of hydrogen-bond acceptors (Lipinski definition) is 4. The number of fused-ring (bicyclic) bond motifs is 3. The van der Waals surface area contributed by atoms with E-state index >= 15 is 0 Å². The van der Waals surface area contributed by atoms with E-state index in [0.717, 1.165) is 34.4 Å². The van der Waals surface area contributed by atoms with Crippen molar-refractivity contribution in [2.75, 3.05) is 11.9 Å². The van der Waals surface area contributed by atoms with Gasteiger partial charge in [-0.05, 0) is 28.3 Å². The van der Waals surface area contributed by atoms with E-state index in [2.05, 4.69) is 5.32 Å². The monoisotopic (exact) mass is 409 g/mol. The first-order valence-electron chi connectivity index (χ1n) is 8.83. The summed E-state index contributed by atoms with van der Waals surface area (Å²) in [6.07, 6.45) is -0.869. The first-order chi connectivity index (χ1) is 14.0. The van der Waals surface area contributed by atoms with Gasteiger partial charge in [0.1, 0.15) is 18.0 Å². The Morgan fingerprint density at radius 1 is 1.00 bits per heavy atom. The smallest absolute Gasteiger partial charge is 0.411 e. The normalized spacial score (nSPS) is 12.2. The van der Waals surface area contributed by atoms with Gasteiger partial charge < -0.3 is 14.9 Å². The summed E-state index contributed by atoms with van der Waals surface area (Å²) in [5, 5.41) is 21.6. The fourth-order valence-electron chi connectivity index (χ4n) is 3.63. The van der Waals surface area contributed by atoms with E-state index in [1.807, 2.05) is 48.5 Å². The highest BCUT2D eigenvalue weighted by Crippen LogP contribution is 2.44. The van der Waals surface area contributed by atoms with Gasteiger partial charge in [-0.15, -0.1) is 0 Å². The molecule has 3 N–H and O–H groups in total. The molecule has 1 amide bonds. The van der Waals surface area contributed by atoms with Gasteiger partial charge in [-0.1, -0.05) is 60.1 Å². The number of aromatic carboxylic acids is 1. The number of anilines is 1. The second kappa shape index (κ2) is 7.48. The van der Waals surface area contributed by atoms with Crippen LogP contribution in [-0.2, 0) is 4.74 Å². The Hall–Kier alpha value is -3.51. The number of phenols is 1. The lowest BCUT2D eigenvalue weighted by atomic mass is 9.98. The number of aromatic hydroxyl groups is 1. The Balaban J connectivity index is 1.54. The second-order valence-electron chi connectivity index (χ2n) is 6.60. The average molecular weight is 410 g/mol. The fourth-order valence-corrected chi connectivity index (χ4v) is 3.84. The molecule has 0 bridgehead atoms. The molecule has 0 spiro atoms. The van der Waals surface area contributed by atoms with E-state index in [0.29, 0.717) is 0 Å². The van der Waals surface area contributed by atoms with E-state index in [9.17, 15) is 19.8 Å². The molecule has 0 radical (unpaired) electrons. The second-order valence-corrected chi connectivity index (χ2v) is 7.04. The Morgan fingerprint density at radius 2 is 1.59 bits per heavy atom. The largest absolute Gasteiger partial charge is 0.506 e. The molecule has 3 aromatic carbocycles. The van der Waals surface area contributed by atoms with Crippen LogP contribution < -0.4 is 5.32 Å². The highest BCUT2D eigenvalue weighted by molar-refractivity contribution is 6.31. The van der Waals surface area contributed by atoms with Crippen LogP contribution >= 0.6 is 11.6 Å². The Bertz CT molecular complexity index is 1080. The van der Waals surface area contributed by atoms with Crippen LogP contribution in [0.2, 0.25) is 5.02 Å². The predicted octanol–water partition coefficient (Wildman–Crippen LogP) is 5.10. The minimum absolute atomic E-state index is 0.0398. The van der Waals surface area contributed by atoms with Gasteiger partial charge in [-0.2, -0.15) is 0 Å². The van der Waals surface area contributed by atoms with Crippen LogP contribution in [0.25, 0.3) is 11.1 Å². The summed E-state index contributed by atoms with van der Waals surface area (Å²) in [5.41, 5.74) is 3.72. The molecule has 1 aliphatic rings. The van der Waals surface area contributed by atoms with Crippen LogP contribution in [0.3, 0.4) is 0 Å². The van der Waals surface area contributed by atoms with Crippen molar-refractivity contribution < 1.29 is 24.5 Å². The molecule has 29 heavy (non-hydrogen) atoms. The molecule has 0 aromatic heterocycles. The lowest BCUT2D eigenvalue weighted by Crippen LogP contribution is -2.19. The third kappa shape index (κ3) is 3.50. The highest BCUT2D eigenvalue weighted by atomic mass is 35.5. The molecule has 0 unspecified atom stereocenters. The van der Waals surface area contributed by atoms with Crippen molar-refractivity contribution in [1.29, 1.82) is 0 Å². The molecule has 7 heteroatoms. The molecular weight excluding hydrogens is 394 g/mol. The Labute approximate surface area is 171 Å². The molecule has 0 fully saturated rings. The van der Waals surface area contributed by atoms with E-state index < -0.39 is 17.8 Å². The lowest BCUT2D eigenvalue weighted by Gasteiger charge is -2.15. The number of carbonyl (C=O) groups excluding carboxylic acids is 1. The van der Waals surface area contributed by atoms with E-state index in [1.54, 1.807) is 0 Å². The van der Waals surface area contributed by atoms with Crippen molar-refractivity contribution in [2.24, 2.45) is 0 Å². The number of nitrogens with one attached hydrogen (secondary N) is 1. The first-order valence-corrected chi connectivity index (χ1v) is 9.21. The molecular formula is C22H16ClNO5. The summed E-state index contributed by atoms with van der Waals surface area (Å²) in [4.78, 5) is 23.7. The van der Waals surface area contributed by atoms with E-state index in [4.69, 9.17) is 16.3 Å². The number of amides is 1. The summed E-state index contributed by atoms with van der Waals surface area (Å²) in [5.74, 6) is -1.92. The standard InChI is InChI=1S/C22H16ClNO5/c23-12-9-17(21(26)27)20(19(25)10-12)24-22(28)29-11-18-15-7-3-1-5-13(15)14-6-2-4-8-16(14)18/h1-10,18,25H,11H2,(H,24,28)(H,26,27). The number of halogens is 1. The minimum atomic E-state index is -1.34. The minimum Gasteiger partial charge on any atom is -0.506 e. The number of carbonyl (C=O) groups is 2. The molecule has 0 saturated carbocycles. The van der Waals surface area contributed by atoms with Gasteiger partial charge >= 0.3 is 12.1 Å². The van der Waals surface area contributed by atoms with Crippen LogP contribution in [-0.4, -0.2) is 28.9 Å². The molecule has 0 heterocycles. The molecule has 0 aliphatic heterocycles. The first kappa shape index (κ1) is 18.8. The summed E-state index contributed by atoms with van der Waals surface area (Å²) < 4.78 is 5.38. The fraction of sp³-hybridized carbons (Fsp3) is 0.0909. The summed E-state index contributed by atoms with van der Waals surface area (Å²) in [6.45, 7) is 0.0661. The predicted molar refractivity (Wildman–Crippen MR) is 109 cm³/mol.